The van der Waals surface area contributed by atoms with Crippen LogP contribution in [-0.2, 0) is 5.60 Å². The van der Waals surface area contributed by atoms with E-state index in [4.69, 9.17) is 4.74 Å². The van der Waals surface area contributed by atoms with E-state index in [1.807, 2.05) is 24.3 Å². The average molecular weight is 206 g/mol. The molecule has 2 nitrogen and oxygen atoms in total. The molecular formula is C13H18O2. The highest BCUT2D eigenvalue weighted by Crippen LogP contribution is 2.43. The molecule has 1 aliphatic rings. The summed E-state index contributed by atoms with van der Waals surface area (Å²) in [6.45, 7) is 2.12. The Morgan fingerprint density at radius 3 is 2.87 bits per heavy atom. The van der Waals surface area contributed by atoms with Crippen LogP contribution in [0.4, 0.5) is 0 Å². The molecule has 0 aromatic heterocycles. The second-order valence-electron chi connectivity index (χ2n) is 4.45. The van der Waals surface area contributed by atoms with Gasteiger partial charge in [-0.05, 0) is 42.9 Å². The highest BCUT2D eigenvalue weighted by Gasteiger charge is 2.39. The molecule has 0 spiro atoms. The van der Waals surface area contributed by atoms with Crippen LogP contribution in [0.3, 0.4) is 0 Å². The zero-order chi connectivity index (χ0) is 10.9. The molecule has 1 fully saturated rings. The minimum atomic E-state index is -0.644. The average Bonchev–Trinajstić information content (AvgIpc) is 2.61. The molecule has 0 radical (unpaired) electrons. The van der Waals surface area contributed by atoms with Gasteiger partial charge in [-0.2, -0.15) is 0 Å². The van der Waals surface area contributed by atoms with Crippen molar-refractivity contribution in [1.82, 2.24) is 0 Å². The number of ether oxygens (including phenoxy) is 1. The molecule has 1 aromatic carbocycles. The standard InChI is InChI=1S/C13H18O2/c1-10-5-4-8-13(10,14)11-6-3-7-12(9-11)15-2/h3,6-7,9-10,14H,4-5,8H2,1-2H3/t10-,13+/m1/s1. The van der Waals surface area contributed by atoms with Crippen molar-refractivity contribution < 1.29 is 9.84 Å². The van der Waals surface area contributed by atoms with Gasteiger partial charge in [-0.25, -0.2) is 0 Å². The Bertz CT molecular complexity index is 348. The molecular weight excluding hydrogens is 188 g/mol. The first-order valence-corrected chi connectivity index (χ1v) is 5.54. The van der Waals surface area contributed by atoms with Crippen LogP contribution in [-0.4, -0.2) is 12.2 Å². The summed E-state index contributed by atoms with van der Waals surface area (Å²) >= 11 is 0. The van der Waals surface area contributed by atoms with Gasteiger partial charge >= 0.3 is 0 Å². The fourth-order valence-corrected chi connectivity index (χ4v) is 2.48. The van der Waals surface area contributed by atoms with Gasteiger partial charge in [0.1, 0.15) is 5.75 Å². The molecule has 0 aliphatic heterocycles. The predicted molar refractivity (Wildman–Crippen MR) is 59.9 cm³/mol. The van der Waals surface area contributed by atoms with Gasteiger partial charge in [0.25, 0.3) is 0 Å². The van der Waals surface area contributed by atoms with E-state index in [2.05, 4.69) is 6.92 Å². The maximum Gasteiger partial charge on any atom is 0.119 e. The summed E-state index contributed by atoms with van der Waals surface area (Å²) in [7, 11) is 1.65. The van der Waals surface area contributed by atoms with Crippen LogP contribution >= 0.6 is 0 Å². The van der Waals surface area contributed by atoms with Crippen molar-refractivity contribution in [3.63, 3.8) is 0 Å². The van der Waals surface area contributed by atoms with Crippen LogP contribution in [0.25, 0.3) is 0 Å². The van der Waals surface area contributed by atoms with Crippen molar-refractivity contribution in [1.29, 1.82) is 0 Å². The lowest BCUT2D eigenvalue weighted by atomic mass is 9.85. The normalized spacial score (nSPS) is 30.5. The van der Waals surface area contributed by atoms with Crippen molar-refractivity contribution in [2.45, 2.75) is 31.8 Å². The van der Waals surface area contributed by atoms with Crippen LogP contribution in [0.15, 0.2) is 24.3 Å². The molecule has 15 heavy (non-hydrogen) atoms. The summed E-state index contributed by atoms with van der Waals surface area (Å²) in [6, 6.07) is 7.79. The zero-order valence-corrected chi connectivity index (χ0v) is 9.36. The summed E-state index contributed by atoms with van der Waals surface area (Å²) < 4.78 is 5.18. The summed E-state index contributed by atoms with van der Waals surface area (Å²) in [4.78, 5) is 0. The van der Waals surface area contributed by atoms with E-state index < -0.39 is 5.60 Å². The maximum atomic E-state index is 10.6. The number of hydrogen-bond donors (Lipinski definition) is 1. The van der Waals surface area contributed by atoms with E-state index >= 15 is 0 Å². The summed E-state index contributed by atoms with van der Waals surface area (Å²) in [5, 5.41) is 10.6. The number of rotatable bonds is 2. The lowest BCUT2D eigenvalue weighted by Crippen LogP contribution is -2.28. The van der Waals surface area contributed by atoms with E-state index in [0.717, 1.165) is 30.6 Å². The largest absolute Gasteiger partial charge is 0.497 e. The van der Waals surface area contributed by atoms with E-state index in [9.17, 15) is 5.11 Å². The van der Waals surface area contributed by atoms with Crippen LogP contribution in [0, 0.1) is 5.92 Å². The third-order valence-electron chi connectivity index (χ3n) is 3.58. The van der Waals surface area contributed by atoms with E-state index in [1.54, 1.807) is 7.11 Å². The van der Waals surface area contributed by atoms with Gasteiger partial charge in [0, 0.05) is 0 Å². The van der Waals surface area contributed by atoms with Crippen molar-refractivity contribution in [3.8, 4) is 5.75 Å². The quantitative estimate of drug-likeness (QED) is 0.806. The smallest absolute Gasteiger partial charge is 0.119 e. The van der Waals surface area contributed by atoms with Crippen molar-refractivity contribution >= 4 is 0 Å². The van der Waals surface area contributed by atoms with Gasteiger partial charge in [-0.3, -0.25) is 0 Å². The SMILES string of the molecule is COc1cccc([C@]2(O)CCC[C@H]2C)c1. The molecule has 2 atom stereocenters. The molecule has 0 unspecified atom stereocenters. The van der Waals surface area contributed by atoms with Crippen molar-refractivity contribution in [2.24, 2.45) is 5.92 Å². The zero-order valence-electron chi connectivity index (χ0n) is 9.36. The van der Waals surface area contributed by atoms with Gasteiger partial charge in [0.15, 0.2) is 0 Å². The third kappa shape index (κ3) is 1.74. The Hall–Kier alpha value is -1.02. The monoisotopic (exact) mass is 206 g/mol. The summed E-state index contributed by atoms with van der Waals surface area (Å²) in [6.07, 6.45) is 3.07. The summed E-state index contributed by atoms with van der Waals surface area (Å²) in [5.74, 6) is 1.16. The van der Waals surface area contributed by atoms with Crippen LogP contribution in [0.1, 0.15) is 31.7 Å². The summed E-state index contributed by atoms with van der Waals surface area (Å²) in [5.41, 5.74) is 0.348. The van der Waals surface area contributed by atoms with Gasteiger partial charge in [0.05, 0.1) is 12.7 Å². The lowest BCUT2D eigenvalue weighted by molar-refractivity contribution is 0.00432. The molecule has 82 valence electrons. The van der Waals surface area contributed by atoms with Gasteiger partial charge in [0.2, 0.25) is 0 Å². The van der Waals surface area contributed by atoms with E-state index in [1.165, 1.54) is 0 Å². The number of benzene rings is 1. The van der Waals surface area contributed by atoms with Gasteiger partial charge in [-0.15, -0.1) is 0 Å². The Kier molecular flexibility index (Phi) is 2.70. The van der Waals surface area contributed by atoms with Crippen molar-refractivity contribution in [3.05, 3.63) is 29.8 Å². The molecule has 2 heteroatoms. The number of hydrogen-bond acceptors (Lipinski definition) is 2. The molecule has 1 aromatic rings. The second-order valence-corrected chi connectivity index (χ2v) is 4.45. The number of aliphatic hydroxyl groups is 1. The highest BCUT2D eigenvalue weighted by atomic mass is 16.5. The molecule has 0 bridgehead atoms. The fourth-order valence-electron chi connectivity index (χ4n) is 2.48. The van der Waals surface area contributed by atoms with Crippen LogP contribution in [0.5, 0.6) is 5.75 Å². The first-order valence-electron chi connectivity index (χ1n) is 5.54. The molecule has 1 N–H and O–H groups in total. The van der Waals surface area contributed by atoms with Crippen molar-refractivity contribution in [2.75, 3.05) is 7.11 Å². The first kappa shape index (κ1) is 10.5. The molecule has 0 heterocycles. The highest BCUT2D eigenvalue weighted by molar-refractivity contribution is 5.33. The Morgan fingerprint density at radius 2 is 2.27 bits per heavy atom. The van der Waals surface area contributed by atoms with Crippen LogP contribution < -0.4 is 4.74 Å². The first-order chi connectivity index (χ1) is 7.16. The minimum absolute atomic E-state index is 0.338. The molecule has 0 amide bonds. The maximum absolute atomic E-state index is 10.6. The van der Waals surface area contributed by atoms with Gasteiger partial charge < -0.3 is 9.84 Å². The lowest BCUT2D eigenvalue weighted by Gasteiger charge is -2.28. The minimum Gasteiger partial charge on any atom is -0.497 e. The topological polar surface area (TPSA) is 29.5 Å². The Labute approximate surface area is 90.9 Å². The number of methoxy groups -OCH3 is 1. The molecule has 0 saturated heterocycles. The fraction of sp³-hybridized carbons (Fsp3) is 0.538. The van der Waals surface area contributed by atoms with Crippen LogP contribution in [0.2, 0.25) is 0 Å². The molecule has 2 rings (SSSR count). The van der Waals surface area contributed by atoms with Gasteiger partial charge in [-0.1, -0.05) is 19.1 Å². The Balaban J connectivity index is 2.35. The molecule has 1 saturated carbocycles. The van der Waals surface area contributed by atoms with E-state index in [-0.39, 0.29) is 0 Å². The second kappa shape index (κ2) is 3.86. The predicted octanol–water partition coefficient (Wildman–Crippen LogP) is 2.70. The molecule has 1 aliphatic carbocycles. The Morgan fingerprint density at radius 1 is 1.47 bits per heavy atom. The van der Waals surface area contributed by atoms with E-state index in [0.29, 0.717) is 5.92 Å². The third-order valence-corrected chi connectivity index (χ3v) is 3.58.